The van der Waals surface area contributed by atoms with Crippen molar-refractivity contribution in [3.05, 3.63) is 78.5 Å². The third-order valence-electron chi connectivity index (χ3n) is 5.43. The van der Waals surface area contributed by atoms with E-state index in [9.17, 15) is 0 Å². The molecule has 0 aromatic heterocycles. The van der Waals surface area contributed by atoms with Crippen molar-refractivity contribution in [2.45, 2.75) is 33.1 Å². The molecule has 1 aliphatic carbocycles. The fourth-order valence-corrected chi connectivity index (χ4v) is 3.48. The lowest BCUT2D eigenvalue weighted by atomic mass is 9.82. The zero-order valence-electron chi connectivity index (χ0n) is 15.1. The van der Waals surface area contributed by atoms with Gasteiger partial charge in [0.05, 0.1) is 0 Å². The van der Waals surface area contributed by atoms with Crippen LogP contribution in [0.5, 0.6) is 0 Å². The number of fused-ring (bicyclic) bond motifs is 3. The van der Waals surface area contributed by atoms with E-state index >= 15 is 0 Å². The molecule has 0 bridgehead atoms. The topological polar surface area (TPSA) is 12.0 Å². The molecule has 0 heterocycles. The second-order valence-electron chi connectivity index (χ2n) is 7.39. The molecule has 2 atom stereocenters. The molecule has 1 aliphatic rings. The van der Waals surface area contributed by atoms with Crippen molar-refractivity contribution in [1.82, 2.24) is 0 Å². The maximum atomic E-state index is 3.87. The van der Waals surface area contributed by atoms with Crippen LogP contribution in [0.1, 0.15) is 38.8 Å². The molecule has 1 heteroatoms. The van der Waals surface area contributed by atoms with E-state index in [1.807, 2.05) is 6.08 Å². The van der Waals surface area contributed by atoms with Gasteiger partial charge in [0.25, 0.3) is 0 Å². The van der Waals surface area contributed by atoms with Crippen molar-refractivity contribution in [1.29, 1.82) is 0 Å². The lowest BCUT2D eigenvalue weighted by molar-refractivity contribution is 0.559. The van der Waals surface area contributed by atoms with Gasteiger partial charge in [-0.15, -0.1) is 6.58 Å². The Morgan fingerprint density at radius 2 is 1.67 bits per heavy atom. The van der Waals surface area contributed by atoms with E-state index < -0.39 is 0 Å². The smallest absolute Gasteiger partial charge is 0.0383 e. The minimum absolute atomic E-state index is 0.0535. The van der Waals surface area contributed by atoms with Gasteiger partial charge in [-0.3, -0.25) is 0 Å². The van der Waals surface area contributed by atoms with Gasteiger partial charge in [0.15, 0.2) is 0 Å². The van der Waals surface area contributed by atoms with Gasteiger partial charge in [-0.25, -0.2) is 0 Å². The van der Waals surface area contributed by atoms with Gasteiger partial charge in [-0.2, -0.15) is 0 Å². The fraction of sp³-hybridized carbons (Fsp3) is 0.304. The summed E-state index contributed by atoms with van der Waals surface area (Å²) in [6, 6.07) is 15.5. The quantitative estimate of drug-likeness (QED) is 0.631. The summed E-state index contributed by atoms with van der Waals surface area (Å²) in [5.74, 6) is 0.960. The molecular formula is C23H27N. The van der Waals surface area contributed by atoms with Gasteiger partial charge in [0.1, 0.15) is 0 Å². The summed E-state index contributed by atoms with van der Waals surface area (Å²) in [5, 5.41) is 3.43. The minimum atomic E-state index is 0.0535. The highest BCUT2D eigenvalue weighted by molar-refractivity contribution is 5.82. The largest absolute Gasteiger partial charge is 0.362 e. The summed E-state index contributed by atoms with van der Waals surface area (Å²) in [7, 11) is 0. The maximum absolute atomic E-state index is 3.87. The van der Waals surface area contributed by atoms with E-state index in [1.165, 1.54) is 22.3 Å². The Kier molecular flexibility index (Phi) is 4.36. The number of allylic oxidation sites excluding steroid dienone is 2. The predicted octanol–water partition coefficient (Wildman–Crippen LogP) is 6.38. The lowest BCUT2D eigenvalue weighted by Gasteiger charge is -2.21. The van der Waals surface area contributed by atoms with Crippen LogP contribution in [0.2, 0.25) is 0 Å². The van der Waals surface area contributed by atoms with Crippen LogP contribution < -0.4 is 5.32 Å². The fourth-order valence-electron chi connectivity index (χ4n) is 3.48. The second-order valence-corrected chi connectivity index (χ2v) is 7.39. The Balaban J connectivity index is 1.85. The zero-order valence-corrected chi connectivity index (χ0v) is 15.1. The van der Waals surface area contributed by atoms with E-state index in [4.69, 9.17) is 0 Å². The molecule has 1 nitrogen and oxygen atoms in total. The average Bonchev–Trinajstić information content (AvgIpc) is 2.82. The molecule has 2 aromatic rings. The molecule has 3 rings (SSSR count). The van der Waals surface area contributed by atoms with Gasteiger partial charge < -0.3 is 5.32 Å². The van der Waals surface area contributed by atoms with E-state index in [0.717, 1.165) is 5.69 Å². The third kappa shape index (κ3) is 2.80. The minimum Gasteiger partial charge on any atom is -0.362 e. The number of benzene rings is 2. The molecule has 0 saturated carbocycles. The van der Waals surface area contributed by atoms with Gasteiger partial charge in [0, 0.05) is 11.1 Å². The number of anilines is 1. The molecule has 1 N–H and O–H groups in total. The highest BCUT2D eigenvalue weighted by Gasteiger charge is 2.34. The average molecular weight is 317 g/mol. The highest BCUT2D eigenvalue weighted by atomic mass is 14.8. The first-order valence-electron chi connectivity index (χ1n) is 8.75. The highest BCUT2D eigenvalue weighted by Crippen LogP contribution is 2.49. The van der Waals surface area contributed by atoms with Crippen LogP contribution in [0.4, 0.5) is 5.69 Å². The Hall–Kier alpha value is -2.28. The Morgan fingerprint density at radius 1 is 0.958 bits per heavy atom. The van der Waals surface area contributed by atoms with Gasteiger partial charge in [0.2, 0.25) is 0 Å². The van der Waals surface area contributed by atoms with Crippen molar-refractivity contribution in [2.24, 2.45) is 11.8 Å². The Labute approximate surface area is 146 Å². The van der Waals surface area contributed by atoms with Gasteiger partial charge >= 0.3 is 0 Å². The van der Waals surface area contributed by atoms with E-state index in [-0.39, 0.29) is 5.41 Å². The third-order valence-corrected chi connectivity index (χ3v) is 5.43. The van der Waals surface area contributed by atoms with Crippen molar-refractivity contribution >= 4 is 5.69 Å². The number of hydrogen-bond acceptors (Lipinski definition) is 1. The van der Waals surface area contributed by atoms with Crippen LogP contribution in [0.15, 0.2) is 67.4 Å². The molecular weight excluding hydrogens is 290 g/mol. The first kappa shape index (κ1) is 16.6. The Bertz CT molecular complexity index is 782. The number of rotatable bonds is 5. The van der Waals surface area contributed by atoms with E-state index in [1.54, 1.807) is 0 Å². The second kappa shape index (κ2) is 6.32. The summed E-state index contributed by atoms with van der Waals surface area (Å²) in [6.07, 6.45) is 6.27. The zero-order chi connectivity index (χ0) is 17.3. The molecule has 0 radical (unpaired) electrons. The molecule has 0 spiro atoms. The molecule has 0 fully saturated rings. The molecule has 0 aliphatic heterocycles. The molecule has 2 unspecified atom stereocenters. The number of nitrogens with one attached hydrogen (secondary N) is 1. The summed E-state index contributed by atoms with van der Waals surface area (Å²) >= 11 is 0. The predicted molar refractivity (Wildman–Crippen MR) is 105 cm³/mol. The van der Waals surface area contributed by atoms with Crippen LogP contribution in [0.3, 0.4) is 0 Å². The first-order valence-corrected chi connectivity index (χ1v) is 8.75. The summed E-state index contributed by atoms with van der Waals surface area (Å²) in [6.45, 7) is 12.9. The standard InChI is InChI=1S/C23H27N/c1-6-16(2)17(3)13-14-24-18-11-12-20-19-9-7-8-10-21(19)23(4,5)22(20)15-18/h6-17,24H,1H2,2-5H3/b14-13+. The summed E-state index contributed by atoms with van der Waals surface area (Å²) in [5.41, 5.74) is 6.74. The first-order chi connectivity index (χ1) is 11.4. The van der Waals surface area contributed by atoms with Crippen LogP contribution >= 0.6 is 0 Å². The lowest BCUT2D eigenvalue weighted by Crippen LogP contribution is -2.15. The van der Waals surface area contributed by atoms with Gasteiger partial charge in [-0.05, 0) is 52.4 Å². The van der Waals surface area contributed by atoms with Gasteiger partial charge in [-0.1, -0.05) is 70.2 Å². The van der Waals surface area contributed by atoms with Crippen LogP contribution in [-0.2, 0) is 5.41 Å². The van der Waals surface area contributed by atoms with Crippen LogP contribution in [0.25, 0.3) is 11.1 Å². The number of hydrogen-bond donors (Lipinski definition) is 1. The van der Waals surface area contributed by atoms with Crippen LogP contribution in [0, 0.1) is 11.8 Å². The van der Waals surface area contributed by atoms with E-state index in [0.29, 0.717) is 11.8 Å². The molecule has 24 heavy (non-hydrogen) atoms. The Morgan fingerprint density at radius 3 is 2.42 bits per heavy atom. The van der Waals surface area contributed by atoms with Crippen LogP contribution in [-0.4, -0.2) is 0 Å². The van der Waals surface area contributed by atoms with Crippen molar-refractivity contribution in [2.75, 3.05) is 5.32 Å². The molecule has 0 amide bonds. The van der Waals surface area contributed by atoms with Crippen molar-refractivity contribution in [3.63, 3.8) is 0 Å². The van der Waals surface area contributed by atoms with Crippen molar-refractivity contribution < 1.29 is 0 Å². The van der Waals surface area contributed by atoms with E-state index in [2.05, 4.69) is 94.3 Å². The summed E-state index contributed by atoms with van der Waals surface area (Å²) in [4.78, 5) is 0. The summed E-state index contributed by atoms with van der Waals surface area (Å²) < 4.78 is 0. The monoisotopic (exact) mass is 317 g/mol. The molecule has 0 saturated heterocycles. The molecule has 2 aromatic carbocycles. The van der Waals surface area contributed by atoms with Crippen molar-refractivity contribution in [3.8, 4) is 11.1 Å². The molecule has 124 valence electrons. The SMILES string of the molecule is C=CC(C)C(C)/C=C/Nc1ccc2c(c1)C(C)(C)c1ccccc1-2. The maximum Gasteiger partial charge on any atom is 0.0383 e. The normalized spacial score (nSPS) is 17.2.